The molecule has 9 nitrogen and oxygen atoms in total. The van der Waals surface area contributed by atoms with Crippen molar-refractivity contribution < 1.29 is 0 Å². The van der Waals surface area contributed by atoms with Gasteiger partial charge in [-0.1, -0.05) is 65.5 Å². The van der Waals surface area contributed by atoms with E-state index in [1.807, 2.05) is 41.5 Å². The van der Waals surface area contributed by atoms with Gasteiger partial charge in [0.1, 0.15) is 0 Å². The van der Waals surface area contributed by atoms with Gasteiger partial charge in [-0.15, -0.1) is 10.2 Å². The van der Waals surface area contributed by atoms with E-state index in [2.05, 4.69) is 46.0 Å². The first-order valence-corrected chi connectivity index (χ1v) is 6.78. The summed E-state index contributed by atoms with van der Waals surface area (Å²) in [5, 5.41) is 22.1. The van der Waals surface area contributed by atoms with E-state index >= 15 is 0 Å². The molecule has 0 aromatic carbocycles. The first-order chi connectivity index (χ1) is 10.5. The van der Waals surface area contributed by atoms with Gasteiger partial charge in [0.05, 0.1) is 0 Å². The molecule has 120 valence electrons. The summed E-state index contributed by atoms with van der Waals surface area (Å²) in [6.45, 7) is 12.0. The second-order valence-electron chi connectivity index (χ2n) is 1.89. The van der Waals surface area contributed by atoms with Crippen LogP contribution >= 0.6 is 0 Å². The zero-order valence-corrected chi connectivity index (χ0v) is 13.5. The Morgan fingerprint density at radius 2 is 1.48 bits per heavy atom. The van der Waals surface area contributed by atoms with Gasteiger partial charge in [0.25, 0.3) is 0 Å². The largest absolute Gasteiger partial charge is 0.493 e. The van der Waals surface area contributed by atoms with E-state index in [1.165, 1.54) is 25.0 Å². The van der Waals surface area contributed by atoms with Crippen LogP contribution in [-0.2, 0) is 0 Å². The fourth-order valence-electron chi connectivity index (χ4n) is 0.471. The molecule has 0 saturated heterocycles. The van der Waals surface area contributed by atoms with Gasteiger partial charge in [-0.3, -0.25) is 0 Å². The summed E-state index contributed by atoms with van der Waals surface area (Å²) in [6.07, 6.45) is 9.17. The first kappa shape index (κ1) is 23.5. The molecule has 0 bridgehead atoms. The Hall–Kier alpha value is -2.58. The molecular weight excluding hydrogens is 270 g/mol. The fraction of sp³-hybridized carbons (Fsp3) is 0.500. The molecule has 9 heteroatoms. The van der Waals surface area contributed by atoms with Crippen LogP contribution in [0.15, 0.2) is 37.4 Å². The molecule has 0 aliphatic carbocycles. The highest BCUT2D eigenvalue weighted by Crippen LogP contribution is 1.60. The van der Waals surface area contributed by atoms with E-state index in [9.17, 15) is 0 Å². The summed E-state index contributed by atoms with van der Waals surface area (Å²) < 4.78 is 0. The van der Waals surface area contributed by atoms with Crippen LogP contribution in [-0.4, -0.2) is 35.8 Å². The van der Waals surface area contributed by atoms with Gasteiger partial charge < -0.3 is 25.4 Å². The molecule has 3 aromatic rings. The van der Waals surface area contributed by atoms with Crippen LogP contribution in [0.5, 0.6) is 0 Å². The summed E-state index contributed by atoms with van der Waals surface area (Å²) in [6, 6.07) is 0. The van der Waals surface area contributed by atoms with Crippen molar-refractivity contribution in [2.75, 3.05) is 0 Å². The number of nitrogens with zero attached hydrogens (tertiary/aromatic N) is 8. The maximum absolute atomic E-state index is 3.61. The molecule has 21 heavy (non-hydrogen) atoms. The van der Waals surface area contributed by atoms with Crippen molar-refractivity contribution in [2.24, 2.45) is 0 Å². The third-order valence-electron chi connectivity index (χ3n) is 0.945. The summed E-state index contributed by atoms with van der Waals surface area (Å²) in [5.74, 6) is 0. The second-order valence-corrected chi connectivity index (χ2v) is 1.89. The summed E-state index contributed by atoms with van der Waals surface area (Å²) in [5.41, 5.74) is 0. The van der Waals surface area contributed by atoms with Gasteiger partial charge in [0.15, 0.2) is 6.33 Å². The fourth-order valence-corrected chi connectivity index (χ4v) is 0.471. The number of aromatic amines is 1. The third-order valence-corrected chi connectivity index (χ3v) is 0.945. The van der Waals surface area contributed by atoms with E-state index in [1.54, 1.807) is 12.4 Å². The Labute approximate surface area is 126 Å². The monoisotopic (exact) mass is 295 g/mol. The van der Waals surface area contributed by atoms with Crippen molar-refractivity contribution in [3.05, 3.63) is 37.4 Å². The Kier molecular flexibility index (Phi) is 34.1. The number of tetrazole rings is 1. The van der Waals surface area contributed by atoms with Crippen LogP contribution in [0.1, 0.15) is 41.5 Å². The molecule has 3 aromatic heterocycles. The lowest BCUT2D eigenvalue weighted by Gasteiger charge is -1.71. The molecule has 1 N–H and O–H groups in total. The van der Waals surface area contributed by atoms with Gasteiger partial charge in [0.2, 0.25) is 0 Å². The van der Waals surface area contributed by atoms with Crippen LogP contribution in [0.3, 0.4) is 0 Å². The predicted molar refractivity (Wildman–Crippen MR) is 81.1 cm³/mol. The normalized spacial score (nSPS) is 6.57. The zero-order valence-electron chi connectivity index (χ0n) is 13.5. The number of nitrogens with one attached hydrogen (secondary N) is 1. The molecule has 0 fully saturated rings. The minimum absolute atomic E-state index is 1.33. The molecule has 0 radical (unpaired) electrons. The second kappa shape index (κ2) is 30.4. The van der Waals surface area contributed by atoms with Crippen molar-refractivity contribution in [2.45, 2.75) is 41.5 Å². The van der Waals surface area contributed by atoms with Gasteiger partial charge in [-0.2, -0.15) is 5.21 Å². The number of imidazole rings is 1. The highest BCUT2D eigenvalue weighted by Gasteiger charge is 1.58. The summed E-state index contributed by atoms with van der Waals surface area (Å²) in [4.78, 5) is 7.22. The van der Waals surface area contributed by atoms with Gasteiger partial charge in [-0.05, 0) is 0 Å². The average Bonchev–Trinajstić information content (AvgIpc) is 3.41. The van der Waals surface area contributed by atoms with Crippen LogP contribution in [0.2, 0.25) is 0 Å². The van der Waals surface area contributed by atoms with Gasteiger partial charge in [-0.25, -0.2) is 0 Å². The maximum Gasteiger partial charge on any atom is 0.161 e. The predicted octanol–water partition coefficient (Wildman–Crippen LogP) is 1.75. The quantitative estimate of drug-likeness (QED) is 0.665. The number of hydrogen-bond acceptors (Lipinski definition) is 6. The minimum Gasteiger partial charge on any atom is -0.493 e. The molecular formula is C12H25N9-2. The van der Waals surface area contributed by atoms with Crippen molar-refractivity contribution in [3.8, 4) is 0 Å². The van der Waals surface area contributed by atoms with E-state index in [0.717, 1.165) is 0 Å². The molecule has 3 heterocycles. The molecule has 0 aliphatic rings. The smallest absolute Gasteiger partial charge is 0.161 e. The van der Waals surface area contributed by atoms with Crippen molar-refractivity contribution >= 4 is 0 Å². The van der Waals surface area contributed by atoms with Crippen molar-refractivity contribution in [1.82, 2.24) is 46.0 Å². The standard InChI is InChI=1S/C3H3N2.C2H2N3.3C2H6.CH2N4/c1-2-5-3-4-1;1-2-4-5-3-1;3*1-2;1-2-4-5-3-1/h1-3H;1-2H;3*1-2H3;1H,(H,2,3,4,5)/q2*-1;;;;. The molecule has 0 atom stereocenters. The zero-order chi connectivity index (χ0) is 16.6. The SMILES string of the molecule is CC.CC.CC.c1c[n-]cn1.c1cn[n-]n1.c1nn[nH]n1. The van der Waals surface area contributed by atoms with Gasteiger partial charge in [0, 0.05) is 12.4 Å². The van der Waals surface area contributed by atoms with Crippen molar-refractivity contribution in [3.63, 3.8) is 0 Å². The Balaban J connectivity index is -0.000000197. The Morgan fingerprint density at radius 3 is 1.62 bits per heavy atom. The molecule has 0 aliphatic heterocycles. The van der Waals surface area contributed by atoms with E-state index < -0.39 is 0 Å². The van der Waals surface area contributed by atoms with Crippen LogP contribution in [0.4, 0.5) is 0 Å². The Morgan fingerprint density at radius 1 is 0.857 bits per heavy atom. The van der Waals surface area contributed by atoms with Crippen LogP contribution in [0, 0.1) is 0 Å². The minimum atomic E-state index is 1.33. The highest BCUT2D eigenvalue weighted by molar-refractivity contribution is 4.64. The molecule has 3 rings (SSSR count). The highest BCUT2D eigenvalue weighted by atomic mass is 15.5. The van der Waals surface area contributed by atoms with Crippen molar-refractivity contribution in [1.29, 1.82) is 0 Å². The number of H-pyrrole nitrogens is 1. The number of aromatic nitrogens is 9. The maximum atomic E-state index is 3.61. The third kappa shape index (κ3) is 26.9. The number of rotatable bonds is 0. The van der Waals surface area contributed by atoms with Crippen LogP contribution < -0.4 is 10.2 Å². The van der Waals surface area contributed by atoms with E-state index in [-0.39, 0.29) is 0 Å². The molecule has 0 saturated carbocycles. The van der Waals surface area contributed by atoms with E-state index in [4.69, 9.17) is 0 Å². The molecule has 0 unspecified atom stereocenters. The lowest BCUT2D eigenvalue weighted by molar-refractivity contribution is 0.881. The average molecular weight is 295 g/mol. The summed E-state index contributed by atoms with van der Waals surface area (Å²) >= 11 is 0. The molecule has 0 amide bonds. The van der Waals surface area contributed by atoms with E-state index in [0.29, 0.717) is 0 Å². The first-order valence-electron chi connectivity index (χ1n) is 6.78. The van der Waals surface area contributed by atoms with Crippen LogP contribution in [0.25, 0.3) is 0 Å². The summed E-state index contributed by atoms with van der Waals surface area (Å²) in [7, 11) is 0. The lowest BCUT2D eigenvalue weighted by Crippen LogP contribution is -1.68. The van der Waals surface area contributed by atoms with Gasteiger partial charge >= 0.3 is 0 Å². The molecule has 0 spiro atoms. The Bertz CT molecular complexity index is 253. The number of hydrogen-bond donors (Lipinski definition) is 1. The topological polar surface area (TPSA) is 121 Å². The lowest BCUT2D eigenvalue weighted by atomic mass is 11.0.